The summed E-state index contributed by atoms with van der Waals surface area (Å²) in [6, 6.07) is 0.885. The van der Waals surface area contributed by atoms with Crippen molar-refractivity contribution in [3.05, 3.63) is 57.1 Å². The molecule has 1 fully saturated rings. The Kier molecular flexibility index (Phi) is 3.77. The number of hydrogen-bond acceptors (Lipinski definition) is 4. The van der Waals surface area contributed by atoms with Crippen molar-refractivity contribution in [2.75, 3.05) is 11.4 Å². The smallest absolute Gasteiger partial charge is 0.341 e. The first-order valence-corrected chi connectivity index (χ1v) is 9.41. The molecule has 1 aliphatic carbocycles. The van der Waals surface area contributed by atoms with Crippen LogP contribution in [0, 0.1) is 11.6 Å². The Hall–Kier alpha value is -3.23. The maximum Gasteiger partial charge on any atom is 0.341 e. The second-order valence-electron chi connectivity index (χ2n) is 7.68. The molecule has 3 heterocycles. The van der Waals surface area contributed by atoms with Crippen LogP contribution in [-0.2, 0) is 20.0 Å². The molecule has 150 valence electrons. The summed E-state index contributed by atoms with van der Waals surface area (Å²) >= 11 is 0. The summed E-state index contributed by atoms with van der Waals surface area (Å²) < 4.78 is 33.8. The van der Waals surface area contributed by atoms with E-state index in [1.807, 2.05) is 6.20 Å². The molecule has 3 aromatic rings. The van der Waals surface area contributed by atoms with Crippen molar-refractivity contribution in [3.63, 3.8) is 0 Å². The minimum atomic E-state index is -1.41. The Balaban J connectivity index is 1.72. The highest BCUT2D eigenvalue weighted by molar-refractivity contribution is 5.94. The van der Waals surface area contributed by atoms with Gasteiger partial charge in [-0.3, -0.25) is 9.48 Å². The highest BCUT2D eigenvalue weighted by atomic mass is 19.1. The minimum Gasteiger partial charge on any atom is -0.477 e. The van der Waals surface area contributed by atoms with Crippen molar-refractivity contribution in [3.8, 4) is 0 Å². The van der Waals surface area contributed by atoms with Crippen LogP contribution >= 0.6 is 0 Å². The Morgan fingerprint density at radius 2 is 2.03 bits per heavy atom. The van der Waals surface area contributed by atoms with Crippen LogP contribution in [0.1, 0.15) is 40.5 Å². The van der Waals surface area contributed by atoms with Crippen LogP contribution < -0.4 is 10.3 Å². The number of carboxylic acids is 1. The third-order valence-electron chi connectivity index (χ3n) is 5.64. The van der Waals surface area contributed by atoms with Gasteiger partial charge in [0.15, 0.2) is 5.82 Å². The summed E-state index contributed by atoms with van der Waals surface area (Å²) in [6.45, 7) is 0.702. The van der Waals surface area contributed by atoms with Gasteiger partial charge in [-0.15, -0.1) is 0 Å². The zero-order chi connectivity index (χ0) is 20.4. The maximum atomic E-state index is 15.6. The molecule has 0 radical (unpaired) electrons. The molecule has 1 aromatic carbocycles. The van der Waals surface area contributed by atoms with Gasteiger partial charge in [0.2, 0.25) is 5.43 Å². The van der Waals surface area contributed by atoms with Crippen molar-refractivity contribution in [2.45, 2.75) is 31.8 Å². The number of aryl methyl sites for hydroxylation is 1. The Bertz CT molecular complexity index is 1240. The third-order valence-corrected chi connectivity index (χ3v) is 5.64. The van der Waals surface area contributed by atoms with E-state index in [4.69, 9.17) is 0 Å². The predicted octanol–water partition coefficient (Wildman–Crippen LogP) is 2.61. The molecule has 1 aliphatic heterocycles. The van der Waals surface area contributed by atoms with Gasteiger partial charge in [-0.1, -0.05) is 0 Å². The fourth-order valence-electron chi connectivity index (χ4n) is 4.16. The zero-order valence-electron chi connectivity index (χ0n) is 15.7. The summed E-state index contributed by atoms with van der Waals surface area (Å²) in [5, 5.41) is 13.4. The van der Waals surface area contributed by atoms with Gasteiger partial charge in [0.25, 0.3) is 0 Å². The van der Waals surface area contributed by atoms with Crippen molar-refractivity contribution in [1.82, 2.24) is 14.3 Å². The molecule has 2 aromatic heterocycles. The number of pyridine rings is 1. The molecule has 1 N–H and O–H groups in total. The van der Waals surface area contributed by atoms with E-state index >= 15 is 8.78 Å². The maximum absolute atomic E-state index is 15.6. The summed E-state index contributed by atoms with van der Waals surface area (Å²) in [6.07, 6.45) is 5.08. The first kappa shape index (κ1) is 17.8. The molecule has 5 rings (SSSR count). The number of hydrogen-bond donors (Lipinski definition) is 1. The number of aromatic nitrogens is 3. The quantitative estimate of drug-likeness (QED) is 0.731. The van der Waals surface area contributed by atoms with E-state index in [-0.39, 0.29) is 22.6 Å². The molecule has 0 atom stereocenters. The van der Waals surface area contributed by atoms with Crippen molar-refractivity contribution < 1.29 is 18.7 Å². The van der Waals surface area contributed by atoms with E-state index in [0.29, 0.717) is 19.5 Å². The zero-order valence-corrected chi connectivity index (χ0v) is 15.7. The summed E-state index contributed by atoms with van der Waals surface area (Å²) in [4.78, 5) is 25.6. The van der Waals surface area contributed by atoms with Crippen LogP contribution in [0.3, 0.4) is 0 Å². The fraction of sp³-hybridized carbons (Fsp3) is 0.350. The summed E-state index contributed by atoms with van der Waals surface area (Å²) in [7, 11) is 1.80. The van der Waals surface area contributed by atoms with E-state index in [9.17, 15) is 14.7 Å². The Labute approximate surface area is 163 Å². The molecular weight excluding hydrogens is 382 g/mol. The molecule has 1 saturated carbocycles. The number of fused-ring (bicyclic) bond motifs is 2. The van der Waals surface area contributed by atoms with Gasteiger partial charge in [0, 0.05) is 50.6 Å². The van der Waals surface area contributed by atoms with Gasteiger partial charge < -0.3 is 14.6 Å². The first-order chi connectivity index (χ1) is 13.8. The van der Waals surface area contributed by atoms with Crippen molar-refractivity contribution >= 4 is 22.6 Å². The molecule has 0 bridgehead atoms. The van der Waals surface area contributed by atoms with E-state index in [0.717, 1.165) is 30.2 Å². The lowest BCUT2D eigenvalue weighted by Gasteiger charge is -2.29. The van der Waals surface area contributed by atoms with Crippen LogP contribution in [0.15, 0.2) is 23.3 Å². The molecule has 9 heteroatoms. The standard InChI is InChI=1S/C20H18F2N4O3/c1-24-7-10-8-25(5-4-15(10)23-24)18-14(21)6-12-17(16(18)22)26(11-2-3-11)9-13(19(12)27)20(28)29/h6-7,9,11H,2-5,8H2,1H3,(H,28,29). The van der Waals surface area contributed by atoms with Crippen molar-refractivity contribution in [2.24, 2.45) is 7.05 Å². The van der Waals surface area contributed by atoms with Crippen LogP contribution in [0.4, 0.5) is 14.5 Å². The number of carbonyl (C=O) groups is 1. The number of carboxylic acid groups (broad SMARTS) is 1. The summed E-state index contributed by atoms with van der Waals surface area (Å²) in [5.74, 6) is -3.10. The topological polar surface area (TPSA) is 80.4 Å². The monoisotopic (exact) mass is 400 g/mol. The first-order valence-electron chi connectivity index (χ1n) is 9.41. The number of halogens is 2. The van der Waals surface area contributed by atoms with E-state index in [1.165, 1.54) is 10.8 Å². The van der Waals surface area contributed by atoms with Crippen molar-refractivity contribution in [1.29, 1.82) is 0 Å². The van der Waals surface area contributed by atoms with Gasteiger partial charge in [0.1, 0.15) is 17.1 Å². The predicted molar refractivity (Wildman–Crippen MR) is 101 cm³/mol. The fourth-order valence-corrected chi connectivity index (χ4v) is 4.16. The average molecular weight is 400 g/mol. The number of benzene rings is 1. The van der Waals surface area contributed by atoms with E-state index < -0.39 is 28.6 Å². The van der Waals surface area contributed by atoms with Crippen LogP contribution in [0.25, 0.3) is 10.9 Å². The molecular formula is C20H18F2N4O3. The molecule has 0 spiro atoms. The number of rotatable bonds is 3. The highest BCUT2D eigenvalue weighted by Crippen LogP contribution is 2.40. The second-order valence-corrected chi connectivity index (χ2v) is 7.68. The normalized spacial score (nSPS) is 16.3. The number of aromatic carboxylic acids is 1. The van der Waals surface area contributed by atoms with Crippen LogP contribution in [0.2, 0.25) is 0 Å². The molecule has 0 unspecified atom stereocenters. The average Bonchev–Trinajstić information content (AvgIpc) is 3.43. The Morgan fingerprint density at radius 3 is 2.72 bits per heavy atom. The minimum absolute atomic E-state index is 0.0316. The second kappa shape index (κ2) is 6.13. The lowest BCUT2D eigenvalue weighted by molar-refractivity contribution is 0.0695. The molecule has 0 saturated heterocycles. The van der Waals surface area contributed by atoms with Crippen LogP contribution in [-0.4, -0.2) is 32.0 Å². The molecule has 2 aliphatic rings. The number of nitrogens with zero attached hydrogens (tertiary/aromatic N) is 4. The molecule has 29 heavy (non-hydrogen) atoms. The van der Waals surface area contributed by atoms with Gasteiger partial charge in [-0.05, 0) is 18.9 Å². The lowest BCUT2D eigenvalue weighted by atomic mass is 10.0. The van der Waals surface area contributed by atoms with E-state index in [2.05, 4.69) is 5.10 Å². The highest BCUT2D eigenvalue weighted by Gasteiger charge is 2.32. The Morgan fingerprint density at radius 1 is 1.28 bits per heavy atom. The molecule has 0 amide bonds. The molecule has 7 nitrogen and oxygen atoms in total. The van der Waals surface area contributed by atoms with E-state index in [1.54, 1.807) is 16.6 Å². The van der Waals surface area contributed by atoms with Gasteiger partial charge in [-0.2, -0.15) is 5.10 Å². The van der Waals surface area contributed by atoms with Gasteiger partial charge >= 0.3 is 5.97 Å². The number of anilines is 1. The van der Waals surface area contributed by atoms with Gasteiger partial charge in [0.05, 0.1) is 16.6 Å². The summed E-state index contributed by atoms with van der Waals surface area (Å²) in [5.41, 5.74) is 0.237. The van der Waals surface area contributed by atoms with Gasteiger partial charge in [-0.25, -0.2) is 13.6 Å². The lowest BCUT2D eigenvalue weighted by Crippen LogP contribution is -2.32. The van der Waals surface area contributed by atoms with Crippen LogP contribution in [0.5, 0.6) is 0 Å². The largest absolute Gasteiger partial charge is 0.477 e. The third kappa shape index (κ3) is 2.72. The SMILES string of the molecule is Cn1cc2c(n1)CCN(c1c(F)cc3c(=O)c(C(=O)O)cn(C4CC4)c3c1F)C2.